The van der Waals surface area contributed by atoms with Crippen LogP contribution in [0, 0.1) is 0 Å². The molecule has 6 heteroatoms. The molecule has 0 spiro atoms. The van der Waals surface area contributed by atoms with Gasteiger partial charge in [0.05, 0.1) is 6.04 Å². The summed E-state index contributed by atoms with van der Waals surface area (Å²) < 4.78 is 0.947. The highest BCUT2D eigenvalue weighted by Gasteiger charge is 2.09. The van der Waals surface area contributed by atoms with E-state index < -0.39 is 0 Å². The first-order valence-electron chi connectivity index (χ1n) is 5.75. The first kappa shape index (κ1) is 13.5. The van der Waals surface area contributed by atoms with Crippen LogP contribution in [-0.4, -0.2) is 21.1 Å². The lowest BCUT2D eigenvalue weighted by atomic mass is 10.2. The van der Waals surface area contributed by atoms with E-state index in [1.807, 2.05) is 31.2 Å². The van der Waals surface area contributed by atoms with Crippen molar-refractivity contribution >= 4 is 27.9 Å². The first-order valence-corrected chi connectivity index (χ1v) is 6.54. The van der Waals surface area contributed by atoms with Crippen LogP contribution in [0.15, 0.2) is 41.1 Å². The summed E-state index contributed by atoms with van der Waals surface area (Å²) in [5, 5.41) is 9.26. The summed E-state index contributed by atoms with van der Waals surface area (Å²) in [6, 6.07) is 7.48. The average molecular weight is 321 g/mol. The van der Waals surface area contributed by atoms with Gasteiger partial charge in [-0.1, -0.05) is 34.1 Å². The molecule has 0 bridgehead atoms. The van der Waals surface area contributed by atoms with E-state index in [1.54, 1.807) is 6.08 Å². The smallest absolute Gasteiger partial charge is 0.244 e. The number of nitrogens with zero attached hydrogens (tertiary/aromatic N) is 2. The molecule has 2 aromatic rings. The predicted molar refractivity (Wildman–Crippen MR) is 76.1 cm³/mol. The molecule has 2 N–H and O–H groups in total. The maximum absolute atomic E-state index is 11.8. The van der Waals surface area contributed by atoms with Crippen LogP contribution in [0.3, 0.4) is 0 Å². The van der Waals surface area contributed by atoms with E-state index in [-0.39, 0.29) is 11.9 Å². The van der Waals surface area contributed by atoms with Gasteiger partial charge in [-0.15, -0.1) is 0 Å². The molecular formula is C13H13BrN4O. The standard InChI is InChI=1S/C13H13BrN4O/c1-9(13-15-8-16-18-13)17-12(19)7-6-10-4-2-3-5-11(10)14/h2-9H,1H3,(H,17,19)(H,15,16,18)/b7-6+. The van der Waals surface area contributed by atoms with E-state index in [0.717, 1.165) is 10.0 Å². The molecule has 1 amide bonds. The Morgan fingerprint density at radius 3 is 2.95 bits per heavy atom. The van der Waals surface area contributed by atoms with Gasteiger partial charge in [-0.3, -0.25) is 9.89 Å². The summed E-state index contributed by atoms with van der Waals surface area (Å²) in [4.78, 5) is 15.7. The van der Waals surface area contributed by atoms with E-state index in [2.05, 4.69) is 36.4 Å². The van der Waals surface area contributed by atoms with Crippen LogP contribution in [0.2, 0.25) is 0 Å². The fourth-order valence-electron chi connectivity index (χ4n) is 1.53. The van der Waals surface area contributed by atoms with Crippen LogP contribution in [0.5, 0.6) is 0 Å². The van der Waals surface area contributed by atoms with Crippen LogP contribution < -0.4 is 5.32 Å². The number of hydrogen-bond donors (Lipinski definition) is 2. The van der Waals surface area contributed by atoms with Crippen molar-refractivity contribution < 1.29 is 4.79 Å². The van der Waals surface area contributed by atoms with Crippen molar-refractivity contribution in [2.75, 3.05) is 0 Å². The number of carbonyl (C=O) groups excluding carboxylic acids is 1. The maximum atomic E-state index is 11.8. The first-order chi connectivity index (χ1) is 9.16. The molecule has 5 nitrogen and oxygen atoms in total. The second-order valence-electron chi connectivity index (χ2n) is 3.96. The number of nitrogens with one attached hydrogen (secondary N) is 2. The molecule has 1 aromatic heterocycles. The van der Waals surface area contributed by atoms with E-state index in [4.69, 9.17) is 0 Å². The van der Waals surface area contributed by atoms with Gasteiger partial charge in [-0.05, 0) is 24.6 Å². The summed E-state index contributed by atoms with van der Waals surface area (Å²) >= 11 is 3.42. The number of benzene rings is 1. The van der Waals surface area contributed by atoms with Gasteiger partial charge in [0, 0.05) is 10.5 Å². The van der Waals surface area contributed by atoms with Gasteiger partial charge >= 0.3 is 0 Å². The molecule has 1 unspecified atom stereocenters. The largest absolute Gasteiger partial charge is 0.343 e. The number of aromatic amines is 1. The minimum absolute atomic E-state index is 0.181. The maximum Gasteiger partial charge on any atom is 0.244 e. The summed E-state index contributed by atoms with van der Waals surface area (Å²) in [5.74, 6) is 0.447. The number of carbonyl (C=O) groups is 1. The van der Waals surface area contributed by atoms with E-state index >= 15 is 0 Å². The molecule has 1 atom stereocenters. The van der Waals surface area contributed by atoms with Crippen molar-refractivity contribution in [3.63, 3.8) is 0 Å². The molecule has 0 aliphatic rings. The van der Waals surface area contributed by atoms with Crippen molar-refractivity contribution in [3.05, 3.63) is 52.5 Å². The normalized spacial score (nSPS) is 12.5. The van der Waals surface area contributed by atoms with Gasteiger partial charge < -0.3 is 5.32 Å². The molecular weight excluding hydrogens is 308 g/mol. The number of hydrogen-bond acceptors (Lipinski definition) is 3. The van der Waals surface area contributed by atoms with Gasteiger partial charge in [0.25, 0.3) is 0 Å². The molecule has 98 valence electrons. The van der Waals surface area contributed by atoms with Crippen molar-refractivity contribution in [1.82, 2.24) is 20.5 Å². The quantitative estimate of drug-likeness (QED) is 0.850. The molecule has 0 saturated heterocycles. The molecule has 1 heterocycles. The zero-order valence-electron chi connectivity index (χ0n) is 10.3. The highest BCUT2D eigenvalue weighted by Crippen LogP contribution is 2.17. The van der Waals surface area contributed by atoms with E-state index in [9.17, 15) is 4.79 Å². The Labute approximate surface area is 119 Å². The second kappa shape index (κ2) is 6.29. The fraction of sp³-hybridized carbons (Fsp3) is 0.154. The van der Waals surface area contributed by atoms with Gasteiger partial charge in [0.2, 0.25) is 5.91 Å². The van der Waals surface area contributed by atoms with Crippen molar-refractivity contribution in [1.29, 1.82) is 0 Å². The SMILES string of the molecule is CC(NC(=O)/C=C/c1ccccc1Br)c1ncn[nH]1. The van der Waals surface area contributed by atoms with Gasteiger partial charge in [0.15, 0.2) is 0 Å². The number of H-pyrrole nitrogens is 1. The van der Waals surface area contributed by atoms with Crippen molar-refractivity contribution in [2.24, 2.45) is 0 Å². The molecule has 19 heavy (non-hydrogen) atoms. The molecule has 0 radical (unpaired) electrons. The van der Waals surface area contributed by atoms with Crippen molar-refractivity contribution in [2.45, 2.75) is 13.0 Å². The Bertz CT molecular complexity index is 580. The van der Waals surface area contributed by atoms with Crippen LogP contribution in [-0.2, 0) is 4.79 Å². The van der Waals surface area contributed by atoms with Crippen LogP contribution in [0.25, 0.3) is 6.08 Å². The highest BCUT2D eigenvalue weighted by atomic mass is 79.9. The lowest BCUT2D eigenvalue weighted by molar-refractivity contribution is -0.117. The minimum atomic E-state index is -0.209. The topological polar surface area (TPSA) is 70.7 Å². The van der Waals surface area contributed by atoms with Crippen molar-refractivity contribution in [3.8, 4) is 0 Å². The number of halogens is 1. The van der Waals surface area contributed by atoms with Crippen LogP contribution in [0.4, 0.5) is 0 Å². The third-order valence-electron chi connectivity index (χ3n) is 2.52. The lowest BCUT2D eigenvalue weighted by Crippen LogP contribution is -2.25. The summed E-state index contributed by atoms with van der Waals surface area (Å²) in [6.07, 6.45) is 4.66. The average Bonchev–Trinajstić information content (AvgIpc) is 2.91. The number of aromatic nitrogens is 3. The van der Waals surface area contributed by atoms with E-state index in [0.29, 0.717) is 5.82 Å². The molecule has 2 rings (SSSR count). The molecule has 1 aromatic carbocycles. The zero-order valence-corrected chi connectivity index (χ0v) is 11.9. The lowest BCUT2D eigenvalue weighted by Gasteiger charge is -2.08. The predicted octanol–water partition coefficient (Wildman–Crippen LogP) is 2.46. The Kier molecular flexibility index (Phi) is 4.46. The molecule has 0 aliphatic carbocycles. The fourth-order valence-corrected chi connectivity index (χ4v) is 1.95. The van der Waals surface area contributed by atoms with Crippen LogP contribution in [0.1, 0.15) is 24.4 Å². The number of amides is 1. The van der Waals surface area contributed by atoms with E-state index in [1.165, 1.54) is 12.4 Å². The van der Waals surface area contributed by atoms with Crippen LogP contribution >= 0.6 is 15.9 Å². The van der Waals surface area contributed by atoms with Gasteiger partial charge in [-0.25, -0.2) is 4.98 Å². The molecule has 0 saturated carbocycles. The van der Waals surface area contributed by atoms with Gasteiger partial charge in [-0.2, -0.15) is 5.10 Å². The Hall–Kier alpha value is -1.95. The third-order valence-corrected chi connectivity index (χ3v) is 3.24. The Morgan fingerprint density at radius 2 is 2.26 bits per heavy atom. The van der Waals surface area contributed by atoms with Gasteiger partial charge in [0.1, 0.15) is 12.2 Å². The minimum Gasteiger partial charge on any atom is -0.343 e. The Morgan fingerprint density at radius 1 is 1.47 bits per heavy atom. The summed E-state index contributed by atoms with van der Waals surface area (Å²) in [7, 11) is 0. The highest BCUT2D eigenvalue weighted by molar-refractivity contribution is 9.10. The monoisotopic (exact) mass is 320 g/mol. The Balaban J connectivity index is 1.96. The zero-order chi connectivity index (χ0) is 13.7. The molecule has 0 aliphatic heterocycles. The second-order valence-corrected chi connectivity index (χ2v) is 4.81. The third kappa shape index (κ3) is 3.75. The summed E-state index contributed by atoms with van der Waals surface area (Å²) in [6.45, 7) is 1.84. The molecule has 0 fully saturated rings. The summed E-state index contributed by atoms with van der Waals surface area (Å²) in [5.41, 5.74) is 0.949. The number of rotatable bonds is 4.